The van der Waals surface area contributed by atoms with Crippen molar-refractivity contribution in [2.75, 3.05) is 20.2 Å². The van der Waals surface area contributed by atoms with Crippen molar-refractivity contribution in [2.24, 2.45) is 5.92 Å². The molecule has 0 spiro atoms. The number of rotatable bonds is 5. The zero-order valence-corrected chi connectivity index (χ0v) is 16.2. The Morgan fingerprint density at radius 3 is 2.68 bits per heavy atom. The van der Waals surface area contributed by atoms with Gasteiger partial charge in [0, 0.05) is 17.8 Å². The fourth-order valence-electron chi connectivity index (χ4n) is 3.29. The fourth-order valence-corrected chi connectivity index (χ4v) is 5.73. The molecule has 0 bridgehead atoms. The highest BCUT2D eigenvalue weighted by Gasteiger charge is 2.29. The summed E-state index contributed by atoms with van der Waals surface area (Å²) in [6, 6.07) is 5.19. The molecule has 2 heterocycles. The van der Waals surface area contributed by atoms with E-state index in [2.05, 4.69) is 6.92 Å². The van der Waals surface area contributed by atoms with E-state index in [1.54, 1.807) is 16.4 Å². The van der Waals surface area contributed by atoms with Gasteiger partial charge in [0.25, 0.3) is 0 Å². The molecule has 5 nitrogen and oxygen atoms in total. The lowest BCUT2D eigenvalue weighted by Crippen LogP contribution is -2.38. The molecule has 0 unspecified atom stereocenters. The Morgan fingerprint density at radius 2 is 2.04 bits per heavy atom. The first-order valence-corrected chi connectivity index (χ1v) is 10.8. The van der Waals surface area contributed by atoms with Crippen molar-refractivity contribution < 1.29 is 17.9 Å². The van der Waals surface area contributed by atoms with E-state index >= 15 is 0 Å². The quantitative estimate of drug-likeness (QED) is 0.745. The molecule has 0 aliphatic carbocycles. The number of hydrogen-bond acceptors (Lipinski definition) is 5. The molecule has 0 atom stereocenters. The van der Waals surface area contributed by atoms with Crippen LogP contribution in [0.3, 0.4) is 0 Å². The highest BCUT2D eigenvalue weighted by atomic mass is 32.2. The monoisotopic (exact) mass is 381 g/mol. The summed E-state index contributed by atoms with van der Waals surface area (Å²) < 4.78 is 33.2. The molecule has 1 aliphatic heterocycles. The molecule has 3 rings (SSSR count). The van der Waals surface area contributed by atoms with E-state index in [0.29, 0.717) is 23.9 Å². The molecule has 0 radical (unpaired) electrons. The van der Waals surface area contributed by atoms with Crippen LogP contribution in [0.2, 0.25) is 0 Å². The van der Waals surface area contributed by atoms with Crippen LogP contribution in [0.1, 0.15) is 31.7 Å². The molecular formula is C18H23NO4S2. The summed E-state index contributed by atoms with van der Waals surface area (Å²) in [6.45, 7) is 3.32. The number of hydrogen-bond donors (Lipinski definition) is 0. The maximum Gasteiger partial charge on any atom is 0.310 e. The van der Waals surface area contributed by atoms with Crippen molar-refractivity contribution >= 4 is 37.4 Å². The second kappa shape index (κ2) is 7.43. The molecular weight excluding hydrogens is 358 g/mol. The highest BCUT2D eigenvalue weighted by molar-refractivity contribution is 7.89. The number of esters is 1. The summed E-state index contributed by atoms with van der Waals surface area (Å²) in [6.07, 6.45) is 3.10. The minimum absolute atomic E-state index is 0.155. The number of carbonyl (C=O) groups excluding carboxylic acids is 1. The molecule has 0 saturated carbocycles. The Labute approximate surface area is 152 Å². The zero-order valence-electron chi connectivity index (χ0n) is 14.5. The maximum absolute atomic E-state index is 13.0. The van der Waals surface area contributed by atoms with Crippen molar-refractivity contribution in [1.82, 2.24) is 4.31 Å². The molecule has 0 amide bonds. The number of piperidine rings is 1. The van der Waals surface area contributed by atoms with Gasteiger partial charge in [0.05, 0.1) is 18.4 Å². The van der Waals surface area contributed by atoms with Crippen molar-refractivity contribution in [3.05, 3.63) is 29.1 Å². The fraction of sp³-hybridized carbons (Fsp3) is 0.500. The summed E-state index contributed by atoms with van der Waals surface area (Å²) >= 11 is 1.51. The average Bonchev–Trinajstić information content (AvgIpc) is 3.03. The van der Waals surface area contributed by atoms with Crippen LogP contribution in [0.4, 0.5) is 0 Å². The van der Waals surface area contributed by atoms with Crippen molar-refractivity contribution in [3.63, 3.8) is 0 Å². The van der Waals surface area contributed by atoms with E-state index in [9.17, 15) is 13.2 Å². The second-order valence-corrected chi connectivity index (χ2v) is 9.28. The van der Waals surface area contributed by atoms with Crippen molar-refractivity contribution in [1.29, 1.82) is 0 Å². The number of fused-ring (bicyclic) bond motifs is 1. The number of sulfonamides is 1. The summed E-state index contributed by atoms with van der Waals surface area (Å²) in [4.78, 5) is 11.9. The maximum atomic E-state index is 13.0. The van der Waals surface area contributed by atoms with Crippen LogP contribution in [0.5, 0.6) is 0 Å². The van der Waals surface area contributed by atoms with Gasteiger partial charge in [-0.25, -0.2) is 8.42 Å². The van der Waals surface area contributed by atoms with Gasteiger partial charge in [-0.1, -0.05) is 13.3 Å². The number of ether oxygens (including phenoxy) is 1. The first-order valence-electron chi connectivity index (χ1n) is 8.52. The third-order valence-electron chi connectivity index (χ3n) is 4.98. The zero-order chi connectivity index (χ0) is 18.0. The molecule has 0 N–H and O–H groups in total. The lowest BCUT2D eigenvalue weighted by molar-refractivity contribution is -0.139. The smallest absolute Gasteiger partial charge is 0.310 e. The number of thiophene rings is 1. The standard InChI is InChI=1S/C18H23NO4S2/c1-3-13-6-8-19(9-7-13)25(21,22)15-4-5-17-16(11-15)14(12-24-17)10-18(20)23-2/h4-5,11-13H,3,6-10H2,1-2H3. The highest BCUT2D eigenvalue weighted by Crippen LogP contribution is 2.31. The number of carbonyl (C=O) groups is 1. The normalized spacial score (nSPS) is 17.0. The van der Waals surface area contributed by atoms with Gasteiger partial charge < -0.3 is 4.74 Å². The van der Waals surface area contributed by atoms with Gasteiger partial charge in [0.15, 0.2) is 0 Å². The predicted molar refractivity (Wildman–Crippen MR) is 99.3 cm³/mol. The summed E-state index contributed by atoms with van der Waals surface area (Å²) in [5.74, 6) is 0.298. The topological polar surface area (TPSA) is 63.7 Å². The molecule has 7 heteroatoms. The van der Waals surface area contributed by atoms with E-state index in [4.69, 9.17) is 4.74 Å². The molecule has 1 aliphatic rings. The van der Waals surface area contributed by atoms with Crippen LogP contribution in [0.25, 0.3) is 10.1 Å². The van der Waals surface area contributed by atoms with Crippen LogP contribution in [-0.4, -0.2) is 38.9 Å². The Morgan fingerprint density at radius 1 is 1.32 bits per heavy atom. The van der Waals surface area contributed by atoms with E-state index in [-0.39, 0.29) is 12.4 Å². The molecule has 2 aromatic rings. The summed E-state index contributed by atoms with van der Waals surface area (Å²) in [5, 5.41) is 2.71. The van der Waals surface area contributed by atoms with Gasteiger partial charge in [-0.2, -0.15) is 4.31 Å². The predicted octanol–water partition coefficient (Wildman–Crippen LogP) is 3.43. The Bertz CT molecular complexity index is 864. The lowest BCUT2D eigenvalue weighted by atomic mass is 9.96. The Hall–Kier alpha value is -1.44. The van der Waals surface area contributed by atoms with Gasteiger partial charge in [-0.15, -0.1) is 11.3 Å². The number of benzene rings is 1. The van der Waals surface area contributed by atoms with Crippen LogP contribution >= 0.6 is 11.3 Å². The molecule has 1 aromatic carbocycles. The van der Waals surface area contributed by atoms with Crippen LogP contribution in [0, 0.1) is 5.92 Å². The largest absolute Gasteiger partial charge is 0.469 e. The lowest BCUT2D eigenvalue weighted by Gasteiger charge is -2.30. The SMILES string of the molecule is CCC1CCN(S(=O)(=O)c2ccc3scc(CC(=O)OC)c3c2)CC1. The van der Waals surface area contributed by atoms with E-state index < -0.39 is 10.0 Å². The van der Waals surface area contributed by atoms with E-state index in [0.717, 1.165) is 34.9 Å². The van der Waals surface area contributed by atoms with E-state index in [1.807, 2.05) is 11.4 Å². The molecule has 136 valence electrons. The third-order valence-corrected chi connectivity index (χ3v) is 7.88. The number of nitrogens with zero attached hydrogens (tertiary/aromatic N) is 1. The second-order valence-electron chi connectivity index (χ2n) is 6.43. The average molecular weight is 382 g/mol. The van der Waals surface area contributed by atoms with Gasteiger partial charge in [-0.05, 0) is 53.3 Å². The Balaban J connectivity index is 1.90. The van der Waals surface area contributed by atoms with Crippen LogP contribution in [-0.2, 0) is 26.0 Å². The van der Waals surface area contributed by atoms with Gasteiger partial charge in [-0.3, -0.25) is 4.79 Å². The van der Waals surface area contributed by atoms with Crippen molar-refractivity contribution in [3.8, 4) is 0 Å². The first-order chi connectivity index (χ1) is 12.0. The van der Waals surface area contributed by atoms with Crippen molar-refractivity contribution in [2.45, 2.75) is 37.5 Å². The molecule has 1 aromatic heterocycles. The first kappa shape index (κ1) is 18.4. The third kappa shape index (κ3) is 3.73. The Kier molecular flexibility index (Phi) is 5.46. The molecule has 1 saturated heterocycles. The van der Waals surface area contributed by atoms with Crippen LogP contribution in [0.15, 0.2) is 28.5 Å². The van der Waals surface area contributed by atoms with Gasteiger partial charge in [0.1, 0.15) is 0 Å². The van der Waals surface area contributed by atoms with Gasteiger partial charge in [0.2, 0.25) is 10.0 Å². The van der Waals surface area contributed by atoms with E-state index in [1.165, 1.54) is 18.4 Å². The van der Waals surface area contributed by atoms with Gasteiger partial charge >= 0.3 is 5.97 Å². The summed E-state index contributed by atoms with van der Waals surface area (Å²) in [5.41, 5.74) is 0.814. The summed E-state index contributed by atoms with van der Waals surface area (Å²) in [7, 11) is -2.14. The molecule has 1 fully saturated rings. The molecule has 25 heavy (non-hydrogen) atoms. The minimum Gasteiger partial charge on any atom is -0.469 e. The minimum atomic E-state index is -3.49. The number of methoxy groups -OCH3 is 1. The van der Waals surface area contributed by atoms with Crippen LogP contribution < -0.4 is 0 Å².